The van der Waals surface area contributed by atoms with Crippen LogP contribution in [-0.4, -0.2) is 12.2 Å². The van der Waals surface area contributed by atoms with Gasteiger partial charge in [-0.1, -0.05) is 51.9 Å². The van der Waals surface area contributed by atoms with Crippen LogP contribution < -0.4 is 0 Å². The van der Waals surface area contributed by atoms with Gasteiger partial charge in [0, 0.05) is 11.8 Å². The number of alkyl halides is 1. The van der Waals surface area contributed by atoms with Gasteiger partial charge in [-0.2, -0.15) is 0 Å². The molecular formula is C13H25ClO. The summed E-state index contributed by atoms with van der Waals surface area (Å²) in [4.78, 5) is 10.6. The number of hydrogen-bond acceptors (Lipinski definition) is 1. The smallest absolute Gasteiger partial charge is 0.123 e. The zero-order valence-corrected chi connectivity index (χ0v) is 10.8. The Bertz CT molecular complexity index is 136. The van der Waals surface area contributed by atoms with Gasteiger partial charge in [0.15, 0.2) is 0 Å². The number of carbonyl (C=O) groups excluding carboxylic acids is 1. The van der Waals surface area contributed by atoms with Crippen molar-refractivity contribution in [2.24, 2.45) is 5.92 Å². The Morgan fingerprint density at radius 1 is 1.00 bits per heavy atom. The summed E-state index contributed by atoms with van der Waals surface area (Å²) in [5.74, 6) is 0.818. The summed E-state index contributed by atoms with van der Waals surface area (Å²) >= 11 is 5.61. The van der Waals surface area contributed by atoms with Crippen molar-refractivity contribution in [3.8, 4) is 0 Å². The van der Waals surface area contributed by atoms with E-state index in [1.165, 1.54) is 44.9 Å². The molecule has 0 saturated heterocycles. The van der Waals surface area contributed by atoms with E-state index in [4.69, 9.17) is 11.6 Å². The number of carbonyl (C=O) groups is 1. The molecule has 1 unspecified atom stereocenters. The number of halogens is 1. The van der Waals surface area contributed by atoms with Gasteiger partial charge < -0.3 is 4.79 Å². The summed E-state index contributed by atoms with van der Waals surface area (Å²) in [6, 6.07) is 0. The fourth-order valence-corrected chi connectivity index (χ4v) is 2.06. The highest BCUT2D eigenvalue weighted by Gasteiger charge is 2.05. The van der Waals surface area contributed by atoms with Gasteiger partial charge in [-0.3, -0.25) is 0 Å². The van der Waals surface area contributed by atoms with Gasteiger partial charge in [0.05, 0.1) is 0 Å². The third-order valence-corrected chi connectivity index (χ3v) is 3.07. The second-order valence-corrected chi connectivity index (χ2v) is 4.66. The molecule has 0 spiro atoms. The van der Waals surface area contributed by atoms with Crippen LogP contribution in [-0.2, 0) is 4.79 Å². The molecule has 0 amide bonds. The van der Waals surface area contributed by atoms with Crippen LogP contribution in [0.5, 0.6) is 0 Å². The maximum Gasteiger partial charge on any atom is 0.123 e. The van der Waals surface area contributed by atoms with Gasteiger partial charge in [0.1, 0.15) is 6.29 Å². The first-order valence-corrected chi connectivity index (χ1v) is 6.89. The number of hydrogen-bond donors (Lipinski definition) is 0. The Morgan fingerprint density at radius 2 is 1.60 bits per heavy atom. The van der Waals surface area contributed by atoms with Crippen LogP contribution in [0.4, 0.5) is 0 Å². The van der Waals surface area contributed by atoms with Gasteiger partial charge in [-0.15, -0.1) is 11.6 Å². The Balaban J connectivity index is 3.17. The minimum Gasteiger partial charge on any atom is -0.303 e. The van der Waals surface area contributed by atoms with Crippen LogP contribution in [0.1, 0.15) is 64.7 Å². The monoisotopic (exact) mass is 232 g/mol. The molecule has 0 saturated carbocycles. The molecule has 2 heteroatoms. The molecule has 0 N–H and O–H groups in total. The van der Waals surface area contributed by atoms with E-state index < -0.39 is 0 Å². The summed E-state index contributed by atoms with van der Waals surface area (Å²) in [6.45, 7) is 2.24. The van der Waals surface area contributed by atoms with Crippen molar-refractivity contribution in [2.45, 2.75) is 64.7 Å². The molecule has 0 radical (unpaired) electrons. The van der Waals surface area contributed by atoms with Crippen molar-refractivity contribution in [3.05, 3.63) is 0 Å². The van der Waals surface area contributed by atoms with E-state index in [0.717, 1.165) is 19.1 Å². The molecule has 0 aliphatic heterocycles. The zero-order valence-electron chi connectivity index (χ0n) is 10.0. The molecule has 15 heavy (non-hydrogen) atoms. The summed E-state index contributed by atoms with van der Waals surface area (Å²) in [7, 11) is 0. The molecule has 0 rings (SSSR count). The molecule has 90 valence electrons. The maximum absolute atomic E-state index is 10.6. The Labute approximate surface area is 99.6 Å². The lowest BCUT2D eigenvalue weighted by Crippen LogP contribution is -2.02. The van der Waals surface area contributed by atoms with Crippen LogP contribution in [0.25, 0.3) is 0 Å². The lowest BCUT2D eigenvalue weighted by atomic mass is 9.99. The van der Waals surface area contributed by atoms with Crippen molar-refractivity contribution < 1.29 is 4.79 Å². The third-order valence-electron chi connectivity index (χ3n) is 2.85. The second kappa shape index (κ2) is 12.0. The van der Waals surface area contributed by atoms with Crippen molar-refractivity contribution in [1.29, 1.82) is 0 Å². The van der Waals surface area contributed by atoms with E-state index in [-0.39, 0.29) is 5.92 Å². The SMILES string of the molecule is CCCCCCCCCC(C=O)CCCl. The molecular weight excluding hydrogens is 208 g/mol. The summed E-state index contributed by atoms with van der Waals surface area (Å²) < 4.78 is 0. The minimum absolute atomic E-state index is 0.207. The van der Waals surface area contributed by atoms with Crippen LogP contribution in [0, 0.1) is 5.92 Å². The number of unbranched alkanes of at least 4 members (excludes halogenated alkanes) is 6. The largest absolute Gasteiger partial charge is 0.303 e. The van der Waals surface area contributed by atoms with E-state index in [0.29, 0.717) is 5.88 Å². The Kier molecular flexibility index (Phi) is 12.0. The Morgan fingerprint density at radius 3 is 2.13 bits per heavy atom. The molecule has 0 bridgehead atoms. The van der Waals surface area contributed by atoms with E-state index in [1.807, 2.05) is 0 Å². The summed E-state index contributed by atoms with van der Waals surface area (Å²) in [5.41, 5.74) is 0. The highest BCUT2D eigenvalue weighted by atomic mass is 35.5. The first-order valence-electron chi connectivity index (χ1n) is 6.36. The predicted octanol–water partition coefficient (Wildman–Crippen LogP) is 4.57. The van der Waals surface area contributed by atoms with Gasteiger partial charge >= 0.3 is 0 Å². The first-order chi connectivity index (χ1) is 7.35. The fraction of sp³-hybridized carbons (Fsp3) is 0.923. The quantitative estimate of drug-likeness (QED) is 0.290. The van der Waals surface area contributed by atoms with Crippen LogP contribution in [0.3, 0.4) is 0 Å². The predicted molar refractivity (Wildman–Crippen MR) is 67.5 cm³/mol. The second-order valence-electron chi connectivity index (χ2n) is 4.28. The van der Waals surface area contributed by atoms with Gasteiger partial charge in [-0.05, 0) is 12.8 Å². The van der Waals surface area contributed by atoms with Crippen molar-refractivity contribution >= 4 is 17.9 Å². The Hall–Kier alpha value is -0.0400. The average molecular weight is 233 g/mol. The molecule has 0 aromatic heterocycles. The lowest BCUT2D eigenvalue weighted by molar-refractivity contribution is -0.111. The fourth-order valence-electron chi connectivity index (χ4n) is 1.78. The molecule has 0 aromatic carbocycles. The van der Waals surface area contributed by atoms with E-state index in [2.05, 4.69) is 6.92 Å². The van der Waals surface area contributed by atoms with Gasteiger partial charge in [0.25, 0.3) is 0 Å². The van der Waals surface area contributed by atoms with E-state index in [1.54, 1.807) is 0 Å². The summed E-state index contributed by atoms with van der Waals surface area (Å²) in [5, 5.41) is 0. The topological polar surface area (TPSA) is 17.1 Å². The van der Waals surface area contributed by atoms with Gasteiger partial charge in [0.2, 0.25) is 0 Å². The lowest BCUT2D eigenvalue weighted by Gasteiger charge is -2.07. The minimum atomic E-state index is 0.207. The molecule has 1 atom stereocenters. The van der Waals surface area contributed by atoms with Gasteiger partial charge in [-0.25, -0.2) is 0 Å². The molecule has 0 aromatic rings. The normalized spacial score (nSPS) is 12.7. The van der Waals surface area contributed by atoms with Crippen molar-refractivity contribution in [1.82, 2.24) is 0 Å². The van der Waals surface area contributed by atoms with E-state index >= 15 is 0 Å². The van der Waals surface area contributed by atoms with Crippen LogP contribution in [0.2, 0.25) is 0 Å². The average Bonchev–Trinajstić information content (AvgIpc) is 2.26. The highest BCUT2D eigenvalue weighted by Crippen LogP contribution is 2.14. The van der Waals surface area contributed by atoms with E-state index in [9.17, 15) is 4.79 Å². The molecule has 0 heterocycles. The molecule has 0 aliphatic rings. The molecule has 1 nitrogen and oxygen atoms in total. The van der Waals surface area contributed by atoms with Crippen LogP contribution in [0.15, 0.2) is 0 Å². The third kappa shape index (κ3) is 10.2. The van der Waals surface area contributed by atoms with Crippen molar-refractivity contribution in [2.75, 3.05) is 5.88 Å². The highest BCUT2D eigenvalue weighted by molar-refractivity contribution is 6.17. The maximum atomic E-state index is 10.6. The first kappa shape index (κ1) is 15.0. The standard InChI is InChI=1S/C13H25ClO/c1-2-3-4-5-6-7-8-9-13(12-15)10-11-14/h12-13H,2-11H2,1H3. The number of aldehydes is 1. The number of rotatable bonds is 11. The van der Waals surface area contributed by atoms with Crippen LogP contribution >= 0.6 is 11.6 Å². The molecule has 0 fully saturated rings. The molecule has 0 aliphatic carbocycles. The van der Waals surface area contributed by atoms with Crippen molar-refractivity contribution in [3.63, 3.8) is 0 Å². The zero-order chi connectivity index (χ0) is 11.4. The summed E-state index contributed by atoms with van der Waals surface area (Å²) in [6.07, 6.45) is 12.1.